The number of H-pyrrole nitrogens is 1. The first-order valence-electron chi connectivity index (χ1n) is 30.0. The van der Waals surface area contributed by atoms with E-state index in [4.69, 9.17) is 5.73 Å². The molecule has 0 unspecified atom stereocenters. The number of benzene rings is 6. The number of aromatic amines is 1. The fraction of sp³-hybridized carbons (Fsp3) is 0.392. The third-order valence-electron chi connectivity index (χ3n) is 15.4. The zero-order chi connectivity index (χ0) is 63.5. The number of aryl methyl sites for hydroxylation is 5. The average molecular weight is 1150 g/mol. The number of nitrogens with zero attached hydrogens (tertiary/aromatic N) is 10. The van der Waals surface area contributed by atoms with Gasteiger partial charge < -0.3 is 15.3 Å². The molecule has 6 aromatic heterocycles. The normalized spacial score (nSPS) is 12.2. The van der Waals surface area contributed by atoms with Gasteiger partial charge in [-0.15, -0.1) is 0 Å². The van der Waals surface area contributed by atoms with E-state index in [1.807, 2.05) is 72.3 Å². The lowest BCUT2D eigenvalue weighted by atomic mass is 9.84. The van der Waals surface area contributed by atoms with Crippen LogP contribution in [0.25, 0.3) is 65.5 Å². The van der Waals surface area contributed by atoms with Gasteiger partial charge in [0, 0.05) is 71.4 Å². The highest BCUT2D eigenvalue weighted by molar-refractivity contribution is 5.91. The van der Waals surface area contributed by atoms with Gasteiger partial charge in [0.2, 0.25) is 0 Å². The smallest absolute Gasteiger partial charge is 0.134 e. The predicted octanol–water partition coefficient (Wildman–Crippen LogP) is 18.1. The first-order valence-corrected chi connectivity index (χ1v) is 30.0. The molecule has 452 valence electrons. The van der Waals surface area contributed by atoms with Crippen LogP contribution < -0.4 is 5.73 Å². The first-order chi connectivity index (χ1) is 40.0. The number of anilines is 1. The van der Waals surface area contributed by atoms with Crippen LogP contribution in [0.15, 0.2) is 147 Å². The molecule has 0 saturated heterocycles. The van der Waals surface area contributed by atoms with Gasteiger partial charge >= 0.3 is 0 Å². The highest BCUT2D eigenvalue weighted by atomic mass is 15.3. The third kappa shape index (κ3) is 15.4. The molecule has 0 fully saturated rings. The molecule has 6 heterocycles. The van der Waals surface area contributed by atoms with Crippen LogP contribution in [0.5, 0.6) is 0 Å². The van der Waals surface area contributed by atoms with Gasteiger partial charge in [0.05, 0.1) is 45.0 Å². The average Bonchev–Trinajstić information content (AvgIpc) is 1.64. The Labute approximate surface area is 512 Å². The Morgan fingerprint density at radius 3 is 1.63 bits per heavy atom. The molecular formula is C74H96N12. The lowest BCUT2D eigenvalue weighted by molar-refractivity contribution is 0.554. The summed E-state index contributed by atoms with van der Waals surface area (Å²) in [5, 5.41) is 14.7. The summed E-state index contributed by atoms with van der Waals surface area (Å²) in [6.45, 7) is 44.1. The highest BCUT2D eigenvalue weighted by Crippen LogP contribution is 2.35. The van der Waals surface area contributed by atoms with E-state index in [1.165, 1.54) is 72.4 Å². The molecule has 12 heteroatoms. The van der Waals surface area contributed by atoms with Crippen molar-refractivity contribution in [2.75, 3.05) is 5.73 Å². The summed E-state index contributed by atoms with van der Waals surface area (Å²) in [6, 6.07) is 40.0. The standard InChI is InChI=1S/C14H19N.C13H18N2.C12H15N3.C12H16N2.C12H14N2.C11H14N2/c1-10-9-15(5)12-8-6-7-11(13(10)12)14(2,3)4;1-9-12-10(13(2,3)4)7-6-8-11(12)15(5)14-9;1-12(2,3)9-6-4-5-8-10(9)14-7-15-11(8)13;1-12(2,3)10-6-5-9-8-13-14(4)11(9)7-10;1-12(2,3)10-6-4-5-9-7-13-8-14-11(9)10;1-11(2,3)10-12-8-6-4-5-7-9(8)13-10/h6-9H,1-5H3;6-8H,1-5H3;4-7H,1-3H3,(H2,13,14,15);5-8H,1-4H3;4-8H,1-3H3;4-7H,1-3H3,(H,12,13). The summed E-state index contributed by atoms with van der Waals surface area (Å²) >= 11 is 0. The van der Waals surface area contributed by atoms with E-state index in [1.54, 1.807) is 6.33 Å². The van der Waals surface area contributed by atoms with Crippen LogP contribution in [0.4, 0.5) is 5.82 Å². The number of rotatable bonds is 0. The molecule has 0 atom stereocenters. The van der Waals surface area contributed by atoms with E-state index < -0.39 is 0 Å². The summed E-state index contributed by atoms with van der Waals surface area (Å²) in [7, 11) is 6.10. The summed E-state index contributed by atoms with van der Waals surface area (Å²) in [6.07, 6.45) is 9.10. The number of nitrogens with one attached hydrogen (secondary N) is 1. The van der Waals surface area contributed by atoms with Gasteiger partial charge in [-0.3, -0.25) is 9.36 Å². The van der Waals surface area contributed by atoms with Crippen LogP contribution in [0.3, 0.4) is 0 Å². The molecule has 0 radical (unpaired) electrons. The van der Waals surface area contributed by atoms with Crippen molar-refractivity contribution in [3.8, 4) is 0 Å². The van der Waals surface area contributed by atoms with Crippen LogP contribution in [0.2, 0.25) is 0 Å². The molecule has 0 aliphatic rings. The van der Waals surface area contributed by atoms with Crippen LogP contribution in [-0.4, -0.2) is 54.0 Å². The van der Waals surface area contributed by atoms with Crippen molar-refractivity contribution >= 4 is 71.4 Å². The van der Waals surface area contributed by atoms with Gasteiger partial charge in [0.15, 0.2) is 0 Å². The molecule has 0 saturated carbocycles. The Balaban J connectivity index is 0.000000148. The zero-order valence-electron chi connectivity index (χ0n) is 55.9. The monoisotopic (exact) mass is 1150 g/mol. The molecule has 12 nitrogen and oxygen atoms in total. The van der Waals surface area contributed by atoms with E-state index in [0.717, 1.165) is 44.4 Å². The minimum atomic E-state index is 0.0697. The van der Waals surface area contributed by atoms with Crippen LogP contribution >= 0.6 is 0 Å². The molecule has 0 aliphatic carbocycles. The third-order valence-corrected chi connectivity index (χ3v) is 15.4. The first kappa shape index (κ1) is 65.3. The van der Waals surface area contributed by atoms with E-state index in [9.17, 15) is 0 Å². The highest BCUT2D eigenvalue weighted by Gasteiger charge is 2.23. The fourth-order valence-corrected chi connectivity index (χ4v) is 10.7. The predicted molar refractivity (Wildman–Crippen MR) is 366 cm³/mol. The number of fused-ring (bicyclic) bond motifs is 6. The van der Waals surface area contributed by atoms with Gasteiger partial charge in [-0.1, -0.05) is 203 Å². The number of para-hydroxylation sites is 4. The van der Waals surface area contributed by atoms with Crippen LogP contribution in [0, 0.1) is 13.8 Å². The van der Waals surface area contributed by atoms with E-state index in [2.05, 4.69) is 275 Å². The van der Waals surface area contributed by atoms with Crippen molar-refractivity contribution in [3.63, 3.8) is 0 Å². The molecule has 0 amide bonds. The maximum atomic E-state index is 5.82. The van der Waals surface area contributed by atoms with Crippen LogP contribution in [0.1, 0.15) is 170 Å². The van der Waals surface area contributed by atoms with Crippen molar-refractivity contribution in [3.05, 3.63) is 191 Å². The van der Waals surface area contributed by atoms with E-state index in [-0.39, 0.29) is 32.5 Å². The molecule has 12 aromatic rings. The molecular weight excluding hydrogens is 1060 g/mol. The minimum Gasteiger partial charge on any atom is -0.383 e. The topological polar surface area (TPSA) is 147 Å². The minimum absolute atomic E-state index is 0.0697. The lowest BCUT2D eigenvalue weighted by Gasteiger charge is -2.20. The van der Waals surface area contributed by atoms with E-state index in [0.29, 0.717) is 5.82 Å². The molecule has 86 heavy (non-hydrogen) atoms. The Kier molecular flexibility index (Phi) is 19.3. The number of aromatic nitrogens is 11. The number of imidazole rings is 1. The van der Waals surface area contributed by atoms with Crippen molar-refractivity contribution in [2.24, 2.45) is 21.1 Å². The maximum Gasteiger partial charge on any atom is 0.134 e. The van der Waals surface area contributed by atoms with Gasteiger partial charge in [0.1, 0.15) is 24.3 Å². The van der Waals surface area contributed by atoms with Crippen molar-refractivity contribution in [1.29, 1.82) is 0 Å². The molecule has 12 rings (SSSR count). The maximum absolute atomic E-state index is 5.82. The lowest BCUT2D eigenvalue weighted by Crippen LogP contribution is -2.12. The quantitative estimate of drug-likeness (QED) is 0.153. The summed E-state index contributed by atoms with van der Waals surface area (Å²) in [5.41, 5.74) is 23.8. The number of nitrogen functional groups attached to an aromatic ring is 1. The largest absolute Gasteiger partial charge is 0.383 e. The number of hydrogen-bond donors (Lipinski definition) is 2. The fourth-order valence-electron chi connectivity index (χ4n) is 10.7. The SMILES string of the molecule is CC(C)(C)c1cccc2c(N)ncnc12.CC(C)(C)c1cccc2cncnc12.CC(C)(C)c1nc2ccccc2[nH]1.Cc1cn(C)c2cccc(C(C)(C)C)c12.Cc1nn(C)c2cccc(C(C)(C)C)c12.Cn1ncc2ccc(C(C)(C)C)cc21. The Bertz CT molecular complexity index is 4120. The van der Waals surface area contributed by atoms with Gasteiger partial charge in [-0.2, -0.15) is 10.2 Å². The summed E-state index contributed by atoms with van der Waals surface area (Å²) in [5.74, 6) is 1.60. The van der Waals surface area contributed by atoms with Gasteiger partial charge in [-0.05, 0) is 111 Å². The van der Waals surface area contributed by atoms with Crippen molar-refractivity contribution < 1.29 is 0 Å². The molecule has 0 bridgehead atoms. The summed E-state index contributed by atoms with van der Waals surface area (Å²) in [4.78, 5) is 24.5. The van der Waals surface area contributed by atoms with E-state index >= 15 is 0 Å². The molecule has 3 N–H and O–H groups in total. The molecule has 0 aliphatic heterocycles. The molecule has 6 aromatic carbocycles. The Morgan fingerprint density at radius 1 is 0.465 bits per heavy atom. The van der Waals surface area contributed by atoms with Gasteiger partial charge in [0.25, 0.3) is 0 Å². The van der Waals surface area contributed by atoms with Crippen molar-refractivity contribution in [1.82, 2.24) is 54.0 Å². The Morgan fingerprint density at radius 2 is 1.02 bits per heavy atom. The van der Waals surface area contributed by atoms with Crippen molar-refractivity contribution in [2.45, 2.75) is 171 Å². The van der Waals surface area contributed by atoms with Gasteiger partial charge in [-0.25, -0.2) is 24.9 Å². The number of nitrogens with two attached hydrogens (primary N) is 1. The zero-order valence-corrected chi connectivity index (χ0v) is 55.9. The number of hydrogen-bond acceptors (Lipinski definition) is 8. The summed E-state index contributed by atoms with van der Waals surface area (Å²) < 4.78 is 6.09. The second-order valence-electron chi connectivity index (χ2n) is 28.9. The van der Waals surface area contributed by atoms with Crippen LogP contribution in [-0.2, 0) is 53.6 Å². The second kappa shape index (κ2) is 25.4. The Hall–Kier alpha value is -8.25. The molecule has 0 spiro atoms. The second-order valence-corrected chi connectivity index (χ2v) is 28.9.